The van der Waals surface area contributed by atoms with Gasteiger partial charge in [0, 0.05) is 0 Å². The minimum Gasteiger partial charge on any atom is -0.481 e. The predicted molar refractivity (Wildman–Crippen MR) is 54.6 cm³/mol. The van der Waals surface area contributed by atoms with Crippen molar-refractivity contribution in [2.24, 2.45) is 11.3 Å². The summed E-state index contributed by atoms with van der Waals surface area (Å²) in [6.45, 7) is 7.74. The fourth-order valence-electron chi connectivity index (χ4n) is 0.920. The van der Waals surface area contributed by atoms with E-state index in [9.17, 15) is 4.79 Å². The molecule has 0 saturated heterocycles. The Morgan fingerprint density at radius 2 is 2.00 bits per heavy atom. The summed E-state index contributed by atoms with van der Waals surface area (Å²) >= 11 is 0. The lowest BCUT2D eigenvalue weighted by atomic mass is 9.88. The zero-order valence-electron chi connectivity index (χ0n) is 9.00. The van der Waals surface area contributed by atoms with Crippen LogP contribution in [0.15, 0.2) is 12.2 Å². The van der Waals surface area contributed by atoms with Crippen LogP contribution in [0.4, 0.5) is 0 Å². The minimum atomic E-state index is -0.717. The first-order valence-electron chi connectivity index (χ1n) is 4.76. The van der Waals surface area contributed by atoms with Gasteiger partial charge in [-0.3, -0.25) is 4.79 Å². The van der Waals surface area contributed by atoms with Crippen molar-refractivity contribution in [3.8, 4) is 0 Å². The number of hydrogen-bond acceptors (Lipinski definition) is 1. The second-order valence-electron chi connectivity index (χ2n) is 4.40. The molecule has 0 fully saturated rings. The van der Waals surface area contributed by atoms with E-state index in [1.165, 1.54) is 0 Å². The fraction of sp³-hybridized carbons (Fsp3) is 0.727. The highest BCUT2D eigenvalue weighted by molar-refractivity contribution is 5.73. The molecule has 13 heavy (non-hydrogen) atoms. The van der Waals surface area contributed by atoms with Crippen LogP contribution in [0, 0.1) is 11.3 Å². The van der Waals surface area contributed by atoms with Gasteiger partial charge in [0.15, 0.2) is 0 Å². The maximum atomic E-state index is 10.7. The molecule has 0 atom stereocenters. The fourth-order valence-corrected chi connectivity index (χ4v) is 0.920. The second kappa shape index (κ2) is 5.05. The number of aliphatic carboxylic acids is 1. The van der Waals surface area contributed by atoms with Gasteiger partial charge in [0.05, 0.1) is 5.41 Å². The average Bonchev–Trinajstić information content (AvgIpc) is 1.97. The van der Waals surface area contributed by atoms with Crippen LogP contribution in [0.3, 0.4) is 0 Å². The van der Waals surface area contributed by atoms with Crippen LogP contribution >= 0.6 is 0 Å². The van der Waals surface area contributed by atoms with Crippen LogP contribution in [0.2, 0.25) is 0 Å². The van der Waals surface area contributed by atoms with E-state index in [4.69, 9.17) is 5.11 Å². The molecule has 0 heterocycles. The SMILES string of the molecule is CC(C)/C=C/CCC(C)(C)C(=O)O. The van der Waals surface area contributed by atoms with Gasteiger partial charge in [-0.05, 0) is 32.6 Å². The Kier molecular flexibility index (Phi) is 4.74. The summed E-state index contributed by atoms with van der Waals surface area (Å²) in [5.41, 5.74) is -0.596. The molecule has 0 radical (unpaired) electrons. The highest BCUT2D eigenvalue weighted by Crippen LogP contribution is 2.22. The van der Waals surface area contributed by atoms with E-state index in [2.05, 4.69) is 26.0 Å². The third-order valence-corrected chi connectivity index (χ3v) is 2.04. The molecule has 0 aliphatic heterocycles. The molecule has 2 heteroatoms. The lowest BCUT2D eigenvalue weighted by Gasteiger charge is -2.17. The van der Waals surface area contributed by atoms with Gasteiger partial charge in [0.2, 0.25) is 0 Å². The van der Waals surface area contributed by atoms with Gasteiger partial charge in [0.25, 0.3) is 0 Å². The molecular formula is C11H20O2. The maximum Gasteiger partial charge on any atom is 0.309 e. The Morgan fingerprint density at radius 1 is 1.46 bits per heavy atom. The molecule has 0 saturated carbocycles. The summed E-state index contributed by atoms with van der Waals surface area (Å²) in [6, 6.07) is 0. The van der Waals surface area contributed by atoms with E-state index >= 15 is 0 Å². The van der Waals surface area contributed by atoms with E-state index in [-0.39, 0.29) is 0 Å². The van der Waals surface area contributed by atoms with Crippen LogP contribution < -0.4 is 0 Å². The molecule has 0 rings (SSSR count). The smallest absolute Gasteiger partial charge is 0.309 e. The van der Waals surface area contributed by atoms with Crippen molar-refractivity contribution in [3.05, 3.63) is 12.2 Å². The van der Waals surface area contributed by atoms with Gasteiger partial charge in [-0.25, -0.2) is 0 Å². The summed E-state index contributed by atoms with van der Waals surface area (Å²) in [7, 11) is 0. The maximum absolute atomic E-state index is 10.7. The first-order valence-corrected chi connectivity index (χ1v) is 4.76. The molecule has 0 aliphatic rings. The third-order valence-electron chi connectivity index (χ3n) is 2.04. The zero-order valence-corrected chi connectivity index (χ0v) is 9.00. The van der Waals surface area contributed by atoms with Crippen molar-refractivity contribution in [1.82, 2.24) is 0 Å². The van der Waals surface area contributed by atoms with Gasteiger partial charge in [0.1, 0.15) is 0 Å². The third kappa shape index (κ3) is 5.45. The highest BCUT2D eigenvalue weighted by Gasteiger charge is 2.25. The second-order valence-corrected chi connectivity index (χ2v) is 4.40. The Hall–Kier alpha value is -0.790. The number of carbonyl (C=O) groups is 1. The lowest BCUT2D eigenvalue weighted by molar-refractivity contribution is -0.147. The molecule has 2 nitrogen and oxygen atoms in total. The molecule has 0 unspecified atom stereocenters. The molecule has 0 amide bonds. The Labute approximate surface area is 80.7 Å². The highest BCUT2D eigenvalue weighted by atomic mass is 16.4. The average molecular weight is 184 g/mol. The molecule has 0 aromatic rings. The monoisotopic (exact) mass is 184 g/mol. The molecule has 0 aromatic carbocycles. The van der Waals surface area contributed by atoms with Crippen molar-refractivity contribution in [1.29, 1.82) is 0 Å². The van der Waals surface area contributed by atoms with E-state index in [1.54, 1.807) is 13.8 Å². The van der Waals surface area contributed by atoms with Crippen molar-refractivity contribution >= 4 is 5.97 Å². The predicted octanol–water partition coefficient (Wildman–Crippen LogP) is 3.09. The quantitative estimate of drug-likeness (QED) is 0.667. The van der Waals surface area contributed by atoms with Crippen LogP contribution in [0.25, 0.3) is 0 Å². The summed E-state index contributed by atoms with van der Waals surface area (Å²) in [4.78, 5) is 10.7. The van der Waals surface area contributed by atoms with Gasteiger partial charge >= 0.3 is 5.97 Å². The standard InChI is InChI=1S/C11H20O2/c1-9(2)7-5-6-8-11(3,4)10(12)13/h5,7,9H,6,8H2,1-4H3,(H,12,13)/b7-5+. The molecule has 76 valence electrons. The first kappa shape index (κ1) is 12.2. The van der Waals surface area contributed by atoms with Crippen LogP contribution in [-0.4, -0.2) is 11.1 Å². The Morgan fingerprint density at radius 3 is 2.38 bits per heavy atom. The lowest BCUT2D eigenvalue weighted by Crippen LogP contribution is -2.23. The zero-order chi connectivity index (χ0) is 10.5. The summed E-state index contributed by atoms with van der Waals surface area (Å²) < 4.78 is 0. The van der Waals surface area contributed by atoms with Crippen molar-refractivity contribution in [3.63, 3.8) is 0 Å². The van der Waals surface area contributed by atoms with E-state index in [0.29, 0.717) is 12.3 Å². The Bertz CT molecular complexity index is 190. The molecule has 0 spiro atoms. The Balaban J connectivity index is 3.83. The summed E-state index contributed by atoms with van der Waals surface area (Å²) in [5, 5.41) is 8.83. The number of hydrogen-bond donors (Lipinski definition) is 1. The van der Waals surface area contributed by atoms with Crippen molar-refractivity contribution in [2.75, 3.05) is 0 Å². The number of allylic oxidation sites excluding steroid dienone is 2. The summed E-state index contributed by atoms with van der Waals surface area (Å²) in [5.74, 6) is -0.168. The number of rotatable bonds is 5. The largest absolute Gasteiger partial charge is 0.481 e. The van der Waals surface area contributed by atoms with Crippen LogP contribution in [-0.2, 0) is 4.79 Å². The molecule has 0 aliphatic carbocycles. The van der Waals surface area contributed by atoms with Crippen LogP contribution in [0.5, 0.6) is 0 Å². The normalized spacial score (nSPS) is 12.7. The van der Waals surface area contributed by atoms with Crippen molar-refractivity contribution < 1.29 is 9.90 Å². The van der Waals surface area contributed by atoms with Crippen molar-refractivity contribution in [2.45, 2.75) is 40.5 Å². The van der Waals surface area contributed by atoms with E-state index < -0.39 is 11.4 Å². The molecule has 1 N–H and O–H groups in total. The van der Waals surface area contributed by atoms with Gasteiger partial charge in [-0.2, -0.15) is 0 Å². The minimum absolute atomic E-state index is 0.549. The number of carboxylic acids is 1. The van der Waals surface area contributed by atoms with E-state index in [0.717, 1.165) is 6.42 Å². The van der Waals surface area contributed by atoms with Gasteiger partial charge < -0.3 is 5.11 Å². The van der Waals surface area contributed by atoms with Crippen LogP contribution in [0.1, 0.15) is 40.5 Å². The molecule has 0 bridgehead atoms. The topological polar surface area (TPSA) is 37.3 Å². The van der Waals surface area contributed by atoms with E-state index in [1.807, 2.05) is 0 Å². The van der Waals surface area contributed by atoms with Gasteiger partial charge in [-0.1, -0.05) is 26.0 Å². The first-order chi connectivity index (χ1) is 5.86. The number of carboxylic acid groups (broad SMARTS) is 1. The molecule has 0 aromatic heterocycles. The van der Waals surface area contributed by atoms with Gasteiger partial charge in [-0.15, -0.1) is 0 Å². The molecular weight excluding hydrogens is 164 g/mol. The summed E-state index contributed by atoms with van der Waals surface area (Å²) in [6.07, 6.45) is 5.72.